The van der Waals surface area contributed by atoms with Crippen LogP contribution in [0.2, 0.25) is 0 Å². The number of ether oxygens (including phenoxy) is 1. The van der Waals surface area contributed by atoms with Gasteiger partial charge in [-0.3, -0.25) is 0 Å². The summed E-state index contributed by atoms with van der Waals surface area (Å²) in [7, 11) is 0. The number of hydrogen-bond donors (Lipinski definition) is 2. The Morgan fingerprint density at radius 2 is 1.60 bits per heavy atom. The highest BCUT2D eigenvalue weighted by Crippen LogP contribution is 2.29. The molecule has 2 N–H and O–H groups in total. The predicted molar refractivity (Wildman–Crippen MR) is 102 cm³/mol. The molecule has 0 aliphatic heterocycles. The first kappa shape index (κ1) is 16.8. The van der Waals surface area contributed by atoms with Crippen LogP contribution in [0.5, 0.6) is 5.75 Å². The molecular formula is C22H21NO2. The van der Waals surface area contributed by atoms with Crippen molar-refractivity contribution in [3.05, 3.63) is 108 Å². The number of benzene rings is 3. The van der Waals surface area contributed by atoms with Crippen molar-refractivity contribution in [2.24, 2.45) is 0 Å². The number of hydrogen-bond acceptors (Lipinski definition) is 3. The Morgan fingerprint density at radius 1 is 0.920 bits per heavy atom. The smallest absolute Gasteiger partial charge is 0.131 e. The topological polar surface area (TPSA) is 41.5 Å². The molecule has 3 rings (SSSR count). The molecule has 1 unspecified atom stereocenters. The Bertz CT molecular complexity index is 830. The second-order valence-electron chi connectivity index (χ2n) is 5.65. The van der Waals surface area contributed by atoms with Gasteiger partial charge in [0.15, 0.2) is 0 Å². The molecule has 25 heavy (non-hydrogen) atoms. The van der Waals surface area contributed by atoms with E-state index in [4.69, 9.17) is 4.74 Å². The van der Waals surface area contributed by atoms with Gasteiger partial charge >= 0.3 is 0 Å². The van der Waals surface area contributed by atoms with E-state index in [9.17, 15) is 5.11 Å². The highest BCUT2D eigenvalue weighted by Gasteiger charge is 2.14. The van der Waals surface area contributed by atoms with Crippen molar-refractivity contribution >= 4 is 5.69 Å². The molecule has 0 saturated carbocycles. The Morgan fingerprint density at radius 3 is 2.40 bits per heavy atom. The second kappa shape index (κ2) is 8.18. The third kappa shape index (κ3) is 4.08. The molecule has 0 aromatic heterocycles. The SMILES string of the molecule is C=COc1ccccc1CNc1ccccc1C(O)c1ccccc1. The number of rotatable bonds is 7. The molecule has 0 fully saturated rings. The van der Waals surface area contributed by atoms with Gasteiger partial charge in [0.05, 0.1) is 6.26 Å². The molecule has 0 aliphatic carbocycles. The standard InChI is InChI=1S/C22H21NO2/c1-2-25-21-15-9-6-12-18(21)16-23-20-14-8-7-13-19(20)22(24)17-10-4-3-5-11-17/h2-15,22-24H,1,16H2. The summed E-state index contributed by atoms with van der Waals surface area (Å²) in [5.41, 5.74) is 3.63. The average molecular weight is 331 g/mol. The maximum Gasteiger partial charge on any atom is 0.131 e. The third-order valence-electron chi connectivity index (χ3n) is 4.02. The average Bonchev–Trinajstić information content (AvgIpc) is 2.68. The number of para-hydroxylation sites is 2. The highest BCUT2D eigenvalue weighted by atomic mass is 16.5. The molecular weight excluding hydrogens is 310 g/mol. The van der Waals surface area contributed by atoms with Crippen LogP contribution in [0.1, 0.15) is 22.8 Å². The van der Waals surface area contributed by atoms with Crippen molar-refractivity contribution in [2.45, 2.75) is 12.6 Å². The summed E-state index contributed by atoms with van der Waals surface area (Å²) < 4.78 is 5.45. The molecule has 0 heterocycles. The first-order chi connectivity index (χ1) is 12.3. The number of aliphatic hydroxyl groups excluding tert-OH is 1. The van der Waals surface area contributed by atoms with Crippen LogP contribution in [-0.2, 0) is 6.54 Å². The summed E-state index contributed by atoms with van der Waals surface area (Å²) in [6.45, 7) is 4.20. The molecule has 3 aromatic rings. The first-order valence-electron chi connectivity index (χ1n) is 8.21. The summed E-state index contributed by atoms with van der Waals surface area (Å²) in [6.07, 6.45) is 0.746. The zero-order chi connectivity index (χ0) is 17.5. The number of aliphatic hydroxyl groups is 1. The fourth-order valence-electron chi connectivity index (χ4n) is 2.76. The van der Waals surface area contributed by atoms with Crippen LogP contribution in [0.25, 0.3) is 0 Å². The molecule has 0 saturated heterocycles. The number of anilines is 1. The zero-order valence-electron chi connectivity index (χ0n) is 13.9. The minimum atomic E-state index is -0.676. The van der Waals surface area contributed by atoms with Crippen molar-refractivity contribution < 1.29 is 9.84 Å². The van der Waals surface area contributed by atoms with E-state index in [-0.39, 0.29) is 0 Å². The summed E-state index contributed by atoms with van der Waals surface area (Å²) in [6, 6.07) is 25.2. The molecule has 126 valence electrons. The molecule has 3 nitrogen and oxygen atoms in total. The Labute approximate surface area is 148 Å². The van der Waals surface area contributed by atoms with Gasteiger partial charge in [-0.2, -0.15) is 0 Å². The Balaban J connectivity index is 1.81. The maximum atomic E-state index is 10.7. The fraction of sp³-hybridized carbons (Fsp3) is 0.0909. The van der Waals surface area contributed by atoms with E-state index in [2.05, 4.69) is 11.9 Å². The predicted octanol–water partition coefficient (Wildman–Crippen LogP) is 4.90. The lowest BCUT2D eigenvalue weighted by atomic mass is 10.00. The van der Waals surface area contributed by atoms with Crippen molar-refractivity contribution in [3.63, 3.8) is 0 Å². The first-order valence-corrected chi connectivity index (χ1v) is 8.21. The molecule has 0 amide bonds. The van der Waals surface area contributed by atoms with Crippen LogP contribution in [0.4, 0.5) is 5.69 Å². The van der Waals surface area contributed by atoms with Gasteiger partial charge in [0.2, 0.25) is 0 Å². The Kier molecular flexibility index (Phi) is 5.50. The monoisotopic (exact) mass is 331 g/mol. The molecule has 0 bridgehead atoms. The van der Waals surface area contributed by atoms with Gasteiger partial charge in [-0.15, -0.1) is 0 Å². The van der Waals surface area contributed by atoms with E-state index in [0.717, 1.165) is 28.1 Å². The van der Waals surface area contributed by atoms with Crippen LogP contribution in [0, 0.1) is 0 Å². The van der Waals surface area contributed by atoms with E-state index >= 15 is 0 Å². The lowest BCUT2D eigenvalue weighted by Gasteiger charge is -2.18. The van der Waals surface area contributed by atoms with Gasteiger partial charge < -0.3 is 15.2 Å². The van der Waals surface area contributed by atoms with Gasteiger partial charge in [-0.05, 0) is 17.7 Å². The molecule has 3 heteroatoms. The van der Waals surface area contributed by atoms with Crippen LogP contribution in [-0.4, -0.2) is 5.11 Å². The van der Waals surface area contributed by atoms with Crippen LogP contribution in [0.3, 0.4) is 0 Å². The zero-order valence-corrected chi connectivity index (χ0v) is 13.9. The fourth-order valence-corrected chi connectivity index (χ4v) is 2.76. The maximum absolute atomic E-state index is 10.7. The minimum absolute atomic E-state index is 0.586. The largest absolute Gasteiger partial charge is 0.465 e. The van der Waals surface area contributed by atoms with Crippen molar-refractivity contribution in [1.82, 2.24) is 0 Å². The quantitative estimate of drug-likeness (QED) is 0.605. The van der Waals surface area contributed by atoms with E-state index in [0.29, 0.717) is 6.54 Å². The van der Waals surface area contributed by atoms with Gasteiger partial charge in [0.1, 0.15) is 11.9 Å². The summed E-state index contributed by atoms with van der Waals surface area (Å²) in [5, 5.41) is 14.1. The molecule has 0 spiro atoms. The lowest BCUT2D eigenvalue weighted by Crippen LogP contribution is -2.07. The van der Waals surface area contributed by atoms with Crippen LogP contribution in [0.15, 0.2) is 91.7 Å². The van der Waals surface area contributed by atoms with Crippen molar-refractivity contribution in [2.75, 3.05) is 5.32 Å². The summed E-state index contributed by atoms with van der Waals surface area (Å²) in [4.78, 5) is 0. The molecule has 3 aromatic carbocycles. The van der Waals surface area contributed by atoms with E-state index in [1.54, 1.807) is 0 Å². The molecule has 0 aliphatic rings. The third-order valence-corrected chi connectivity index (χ3v) is 4.02. The molecule has 1 atom stereocenters. The van der Waals surface area contributed by atoms with Gasteiger partial charge in [-0.25, -0.2) is 0 Å². The Hall–Kier alpha value is -3.04. The van der Waals surface area contributed by atoms with E-state index < -0.39 is 6.10 Å². The van der Waals surface area contributed by atoms with E-state index in [1.807, 2.05) is 78.9 Å². The van der Waals surface area contributed by atoms with Crippen LogP contribution >= 0.6 is 0 Å². The summed E-state index contributed by atoms with van der Waals surface area (Å²) in [5.74, 6) is 0.770. The van der Waals surface area contributed by atoms with Crippen molar-refractivity contribution in [3.8, 4) is 5.75 Å². The van der Waals surface area contributed by atoms with Crippen LogP contribution < -0.4 is 10.1 Å². The van der Waals surface area contributed by atoms with Gasteiger partial charge in [0.25, 0.3) is 0 Å². The second-order valence-corrected chi connectivity index (χ2v) is 5.65. The number of nitrogens with one attached hydrogen (secondary N) is 1. The van der Waals surface area contributed by atoms with Crippen molar-refractivity contribution in [1.29, 1.82) is 0 Å². The summed E-state index contributed by atoms with van der Waals surface area (Å²) >= 11 is 0. The highest BCUT2D eigenvalue weighted by molar-refractivity contribution is 5.55. The molecule has 0 radical (unpaired) electrons. The van der Waals surface area contributed by atoms with Gasteiger partial charge in [-0.1, -0.05) is 73.3 Å². The van der Waals surface area contributed by atoms with E-state index in [1.165, 1.54) is 6.26 Å². The lowest BCUT2D eigenvalue weighted by molar-refractivity contribution is 0.221. The van der Waals surface area contributed by atoms with Gasteiger partial charge in [0, 0.05) is 23.4 Å². The minimum Gasteiger partial charge on any atom is -0.465 e. The normalized spacial score (nSPS) is 11.6.